The molecule has 8 rings (SSSR count). The van der Waals surface area contributed by atoms with E-state index in [0.717, 1.165) is 40.1 Å². The summed E-state index contributed by atoms with van der Waals surface area (Å²) in [4.78, 5) is 9.14. The molecule has 0 saturated carbocycles. The zero-order valence-electron chi connectivity index (χ0n) is 28.8. The lowest BCUT2D eigenvalue weighted by Gasteiger charge is -2.51. The summed E-state index contributed by atoms with van der Waals surface area (Å²) >= 11 is 13.0. The molecular formula is C36H25Cl2F4N9O4S. The van der Waals surface area contributed by atoms with Crippen LogP contribution in [0.25, 0.3) is 38.2 Å². The molecule has 1 saturated heterocycles. The van der Waals surface area contributed by atoms with Gasteiger partial charge in [-0.05, 0) is 50.2 Å². The molecule has 20 heteroatoms. The average Bonchev–Trinajstić information content (AvgIpc) is 3.99. The van der Waals surface area contributed by atoms with Crippen molar-refractivity contribution in [1.82, 2.24) is 39.3 Å². The van der Waals surface area contributed by atoms with Crippen molar-refractivity contribution in [3.8, 4) is 34.0 Å². The molecule has 0 spiro atoms. The van der Waals surface area contributed by atoms with Crippen LogP contribution >= 0.6 is 34.5 Å². The van der Waals surface area contributed by atoms with E-state index < -0.39 is 70.0 Å². The molecule has 0 amide bonds. The quantitative estimate of drug-likeness (QED) is 0.125. The third-order valence-corrected chi connectivity index (χ3v) is 11.0. The molecule has 3 aromatic carbocycles. The monoisotopic (exact) mass is 825 g/mol. The second-order valence-electron chi connectivity index (χ2n) is 12.9. The fourth-order valence-corrected chi connectivity index (χ4v) is 8.01. The maximum absolute atomic E-state index is 15.4. The van der Waals surface area contributed by atoms with Gasteiger partial charge >= 0.3 is 0 Å². The number of nitrogens with zero attached hydrogens (tertiary/aromatic N) is 9. The fourth-order valence-electron chi connectivity index (χ4n) is 6.87. The lowest BCUT2D eigenvalue weighted by atomic mass is 9.86. The summed E-state index contributed by atoms with van der Waals surface area (Å²) in [6.45, 7) is 2.49. The fraction of sp³-hybridized carbons (Fsp3) is 0.222. The van der Waals surface area contributed by atoms with Gasteiger partial charge in [0.1, 0.15) is 18.0 Å². The molecule has 1 aliphatic heterocycles. The number of aryl methyl sites for hydroxylation is 2. The van der Waals surface area contributed by atoms with Gasteiger partial charge in [-0.2, -0.15) is 20.6 Å². The predicted molar refractivity (Wildman–Crippen MR) is 194 cm³/mol. The van der Waals surface area contributed by atoms with Crippen LogP contribution in [0.5, 0.6) is 0 Å². The Kier molecular flexibility index (Phi) is 9.24. The van der Waals surface area contributed by atoms with Crippen molar-refractivity contribution in [2.75, 3.05) is 6.61 Å². The number of halogens is 6. The molecule has 0 bridgehead atoms. The number of nitriles is 1. The van der Waals surface area contributed by atoms with Crippen LogP contribution in [0.2, 0.25) is 10.0 Å². The Hall–Kier alpha value is -5.26. The van der Waals surface area contributed by atoms with E-state index in [1.165, 1.54) is 41.3 Å². The van der Waals surface area contributed by atoms with Crippen LogP contribution in [-0.4, -0.2) is 73.4 Å². The highest BCUT2D eigenvalue weighted by molar-refractivity contribution is 7.18. The highest BCUT2D eigenvalue weighted by atomic mass is 35.5. The van der Waals surface area contributed by atoms with Crippen LogP contribution < -0.4 is 0 Å². The smallest absolute Gasteiger partial charge is 0.272 e. The van der Waals surface area contributed by atoms with Crippen LogP contribution in [0.4, 0.5) is 17.6 Å². The van der Waals surface area contributed by atoms with E-state index in [-0.39, 0.29) is 45.2 Å². The molecule has 4 aromatic heterocycles. The molecule has 7 aromatic rings. The first-order chi connectivity index (χ1) is 26.7. The van der Waals surface area contributed by atoms with Gasteiger partial charge in [-0.15, -0.1) is 11.3 Å². The minimum absolute atomic E-state index is 0.0445. The van der Waals surface area contributed by atoms with Crippen LogP contribution in [-0.2, 0) is 16.2 Å². The SMILES string of the molecule is Cc1nc(C2(n3cc(-c4ccc(Cl)c(F)c4F)cn3)O[C@H](CO)[C@H](O)C[C@]2(O)n2cc(-c3ccc(Cl)c(F)c3F)cn2)n(-c2cc3sc(C)nc3cc2C#N)n1. The van der Waals surface area contributed by atoms with Gasteiger partial charge < -0.3 is 20.1 Å². The van der Waals surface area contributed by atoms with Crippen molar-refractivity contribution in [2.24, 2.45) is 0 Å². The summed E-state index contributed by atoms with van der Waals surface area (Å²) in [6, 6.07) is 9.99. The average molecular weight is 827 g/mol. The van der Waals surface area contributed by atoms with Gasteiger partial charge in [0, 0.05) is 41.1 Å². The molecule has 3 N–H and O–H groups in total. The minimum Gasteiger partial charge on any atom is -0.394 e. The van der Waals surface area contributed by atoms with Crippen LogP contribution in [0.15, 0.2) is 61.2 Å². The van der Waals surface area contributed by atoms with E-state index >= 15 is 8.78 Å². The van der Waals surface area contributed by atoms with E-state index in [1.807, 2.05) is 0 Å². The minimum atomic E-state index is -2.69. The number of aliphatic hydroxyl groups is 3. The van der Waals surface area contributed by atoms with Crippen molar-refractivity contribution in [3.05, 3.63) is 117 Å². The highest BCUT2D eigenvalue weighted by Gasteiger charge is 2.66. The van der Waals surface area contributed by atoms with Gasteiger partial charge in [-0.3, -0.25) is 0 Å². The lowest BCUT2D eigenvalue weighted by Crippen LogP contribution is -2.68. The number of aromatic nitrogens is 8. The van der Waals surface area contributed by atoms with Gasteiger partial charge in [-0.1, -0.05) is 23.2 Å². The van der Waals surface area contributed by atoms with Gasteiger partial charge in [-0.25, -0.2) is 41.6 Å². The number of rotatable bonds is 7. The zero-order valence-corrected chi connectivity index (χ0v) is 31.1. The first kappa shape index (κ1) is 37.7. The Morgan fingerprint density at radius 1 is 0.929 bits per heavy atom. The largest absolute Gasteiger partial charge is 0.394 e. The molecule has 4 atom stereocenters. The summed E-state index contributed by atoms with van der Waals surface area (Å²) in [5.41, 5.74) is -5.20. The third-order valence-electron chi connectivity index (χ3n) is 9.50. The summed E-state index contributed by atoms with van der Waals surface area (Å²) in [7, 11) is 0. The molecule has 0 radical (unpaired) electrons. The van der Waals surface area contributed by atoms with E-state index in [1.54, 1.807) is 19.1 Å². The number of ether oxygens (including phenoxy) is 1. The molecule has 13 nitrogen and oxygen atoms in total. The van der Waals surface area contributed by atoms with E-state index in [9.17, 15) is 29.4 Å². The van der Waals surface area contributed by atoms with Crippen molar-refractivity contribution in [3.63, 3.8) is 0 Å². The van der Waals surface area contributed by atoms with Crippen molar-refractivity contribution in [1.29, 1.82) is 5.26 Å². The highest BCUT2D eigenvalue weighted by Crippen LogP contribution is 2.50. The normalized spacial score (nSPS) is 21.2. The molecule has 1 fully saturated rings. The first-order valence-electron chi connectivity index (χ1n) is 16.5. The molecule has 5 heterocycles. The Balaban J connectivity index is 1.44. The Morgan fingerprint density at radius 3 is 2.14 bits per heavy atom. The number of benzene rings is 3. The Bertz CT molecular complexity index is 2750. The second-order valence-corrected chi connectivity index (χ2v) is 15.0. The molecule has 286 valence electrons. The van der Waals surface area contributed by atoms with E-state index in [0.29, 0.717) is 15.2 Å². The number of hydrogen-bond donors (Lipinski definition) is 3. The Labute approximate surface area is 327 Å². The van der Waals surface area contributed by atoms with E-state index in [2.05, 4.69) is 31.3 Å². The van der Waals surface area contributed by atoms with Crippen molar-refractivity contribution >= 4 is 44.8 Å². The van der Waals surface area contributed by atoms with Crippen LogP contribution in [0.3, 0.4) is 0 Å². The van der Waals surface area contributed by atoms with Crippen molar-refractivity contribution < 1.29 is 37.6 Å². The van der Waals surface area contributed by atoms with Gasteiger partial charge in [0.2, 0.25) is 5.72 Å². The standard InChI is InChI=1S/C36H25Cl2F4N9O4S/c1-16-46-34(51(48-16)26-8-29-25(7-18(26)10-43)47-17(2)56-29)36(50-14-20(12-45-50)22-4-6-24(38)33(42)31(22)40)35(54,9-27(53)28(15-52)55-36)49-13-19(11-44-49)21-3-5-23(37)32(41)30(21)39/h3-8,11-14,27-28,52-54H,9,15H2,1-2H3/t27-,28-,35-,36?/m1/s1. The van der Waals surface area contributed by atoms with Gasteiger partial charge in [0.05, 0.1) is 61.6 Å². The number of hydrogen-bond acceptors (Lipinski definition) is 11. The number of aliphatic hydroxyl groups excluding tert-OH is 2. The van der Waals surface area contributed by atoms with E-state index in [4.69, 9.17) is 27.9 Å². The topological polar surface area (TPSA) is 173 Å². The Morgan fingerprint density at radius 2 is 1.54 bits per heavy atom. The second kappa shape index (κ2) is 13.7. The van der Waals surface area contributed by atoms with Gasteiger partial charge in [0.25, 0.3) is 5.72 Å². The van der Waals surface area contributed by atoms with Crippen molar-refractivity contribution in [2.45, 2.75) is 43.9 Å². The summed E-state index contributed by atoms with van der Waals surface area (Å²) < 4.78 is 70.3. The molecule has 1 aliphatic rings. The molecule has 0 aliphatic carbocycles. The number of fused-ring (bicyclic) bond motifs is 1. The molecular weight excluding hydrogens is 801 g/mol. The van der Waals surface area contributed by atoms with Crippen LogP contribution in [0, 0.1) is 48.4 Å². The molecule has 1 unspecified atom stereocenters. The van der Waals surface area contributed by atoms with Crippen LogP contribution in [0.1, 0.15) is 28.6 Å². The molecule has 56 heavy (non-hydrogen) atoms. The lowest BCUT2D eigenvalue weighted by molar-refractivity contribution is -0.338. The maximum Gasteiger partial charge on any atom is 0.272 e. The summed E-state index contributed by atoms with van der Waals surface area (Å²) in [6.07, 6.45) is 0.807. The third kappa shape index (κ3) is 5.69. The summed E-state index contributed by atoms with van der Waals surface area (Å²) in [5, 5.41) is 58.6. The predicted octanol–water partition coefficient (Wildman–Crippen LogP) is 6.14. The zero-order chi connectivity index (χ0) is 39.8. The first-order valence-corrected chi connectivity index (χ1v) is 18.1. The van der Waals surface area contributed by atoms with Gasteiger partial charge in [0.15, 0.2) is 29.1 Å². The number of thiazole rings is 1. The summed E-state index contributed by atoms with van der Waals surface area (Å²) in [5.74, 6) is -5.49. The maximum atomic E-state index is 15.4.